The van der Waals surface area contributed by atoms with Crippen LogP contribution in [0.2, 0.25) is 0 Å². The molecule has 1 amide bonds. The first kappa shape index (κ1) is 14.8. The van der Waals surface area contributed by atoms with Crippen molar-refractivity contribution in [2.24, 2.45) is 5.92 Å². The molecule has 2 rings (SSSR count). The van der Waals surface area contributed by atoms with E-state index < -0.39 is 0 Å². The van der Waals surface area contributed by atoms with Gasteiger partial charge in [0.1, 0.15) is 0 Å². The smallest absolute Gasteiger partial charge is 0.225 e. The minimum Gasteiger partial charge on any atom is -0.342 e. The Labute approximate surface area is 117 Å². The highest BCUT2D eigenvalue weighted by molar-refractivity contribution is 5.78. The molecule has 1 unspecified atom stereocenters. The average molecular weight is 267 g/mol. The molecular weight excluding hydrogens is 238 g/mol. The molecule has 0 aromatic heterocycles. The molecule has 1 atom stereocenters. The fourth-order valence-electron chi connectivity index (χ4n) is 3.12. The second kappa shape index (κ2) is 6.71. The first-order valence-corrected chi connectivity index (χ1v) is 7.83. The van der Waals surface area contributed by atoms with Gasteiger partial charge in [0.05, 0.1) is 0 Å². The van der Waals surface area contributed by atoms with Crippen molar-refractivity contribution in [1.29, 1.82) is 0 Å². The van der Waals surface area contributed by atoms with Crippen LogP contribution in [-0.2, 0) is 4.79 Å². The number of piperidine rings is 1. The van der Waals surface area contributed by atoms with Gasteiger partial charge in [0.25, 0.3) is 0 Å². The topological polar surface area (TPSA) is 26.8 Å². The number of carbonyl (C=O) groups excluding carboxylic acids is 1. The van der Waals surface area contributed by atoms with E-state index in [9.17, 15) is 4.79 Å². The Morgan fingerprint density at radius 3 is 2.21 bits per heavy atom. The number of piperazine rings is 1. The molecule has 0 bridgehead atoms. The highest BCUT2D eigenvalue weighted by Gasteiger charge is 2.29. The number of rotatable bonds is 3. The molecule has 19 heavy (non-hydrogen) atoms. The number of likely N-dealkylation sites (tertiary alicyclic amines) is 1. The molecule has 0 saturated carbocycles. The van der Waals surface area contributed by atoms with Gasteiger partial charge < -0.3 is 9.80 Å². The molecule has 2 aliphatic heterocycles. The fraction of sp³-hybridized carbons (Fsp3) is 0.933. The largest absolute Gasteiger partial charge is 0.342 e. The van der Waals surface area contributed by atoms with Crippen molar-refractivity contribution in [2.75, 3.05) is 46.3 Å². The Morgan fingerprint density at radius 2 is 1.68 bits per heavy atom. The second-order valence-corrected chi connectivity index (χ2v) is 6.21. The normalized spacial score (nSPS) is 25.5. The van der Waals surface area contributed by atoms with Crippen molar-refractivity contribution in [3.8, 4) is 0 Å². The van der Waals surface area contributed by atoms with E-state index in [-0.39, 0.29) is 5.92 Å². The van der Waals surface area contributed by atoms with Crippen LogP contribution in [0.1, 0.15) is 33.1 Å². The van der Waals surface area contributed by atoms with Gasteiger partial charge in [-0.1, -0.05) is 13.8 Å². The zero-order valence-corrected chi connectivity index (χ0v) is 12.8. The van der Waals surface area contributed by atoms with Crippen LogP contribution in [0.3, 0.4) is 0 Å². The predicted molar refractivity (Wildman–Crippen MR) is 78.1 cm³/mol. The lowest BCUT2D eigenvalue weighted by Gasteiger charge is -2.42. The third-order valence-corrected chi connectivity index (χ3v) is 4.86. The molecule has 0 spiro atoms. The highest BCUT2D eigenvalue weighted by atomic mass is 16.2. The van der Waals surface area contributed by atoms with E-state index in [1.807, 2.05) is 0 Å². The maximum atomic E-state index is 12.2. The summed E-state index contributed by atoms with van der Waals surface area (Å²) < 4.78 is 0. The molecule has 0 aliphatic carbocycles. The van der Waals surface area contributed by atoms with E-state index in [0.29, 0.717) is 11.9 Å². The monoisotopic (exact) mass is 267 g/mol. The van der Waals surface area contributed by atoms with E-state index in [0.717, 1.165) is 32.4 Å². The van der Waals surface area contributed by atoms with Gasteiger partial charge in [-0.25, -0.2) is 0 Å². The average Bonchev–Trinajstić information content (AvgIpc) is 2.46. The van der Waals surface area contributed by atoms with Crippen LogP contribution in [-0.4, -0.2) is 73.0 Å². The van der Waals surface area contributed by atoms with Crippen molar-refractivity contribution in [1.82, 2.24) is 14.7 Å². The first-order valence-electron chi connectivity index (χ1n) is 7.83. The van der Waals surface area contributed by atoms with Crippen molar-refractivity contribution in [2.45, 2.75) is 39.2 Å². The van der Waals surface area contributed by atoms with Crippen LogP contribution in [0, 0.1) is 5.92 Å². The zero-order valence-electron chi connectivity index (χ0n) is 12.8. The number of likely N-dealkylation sites (N-methyl/N-ethyl adjacent to an activating group) is 1. The van der Waals surface area contributed by atoms with Gasteiger partial charge in [-0.2, -0.15) is 0 Å². The number of amides is 1. The third-order valence-electron chi connectivity index (χ3n) is 4.86. The number of hydrogen-bond donors (Lipinski definition) is 0. The quantitative estimate of drug-likeness (QED) is 0.770. The van der Waals surface area contributed by atoms with Crippen LogP contribution in [0.4, 0.5) is 0 Å². The third kappa shape index (κ3) is 3.69. The van der Waals surface area contributed by atoms with Crippen LogP contribution in [0.25, 0.3) is 0 Å². The van der Waals surface area contributed by atoms with Gasteiger partial charge in [0.15, 0.2) is 0 Å². The van der Waals surface area contributed by atoms with Crippen molar-refractivity contribution < 1.29 is 4.79 Å². The molecule has 0 aromatic carbocycles. The standard InChI is InChI=1S/C15H29N3O/c1-4-13(2)15(19)18-7-5-14(6-8-18)17-11-9-16(3)10-12-17/h13-14H,4-12H2,1-3H3. The summed E-state index contributed by atoms with van der Waals surface area (Å²) in [6, 6.07) is 0.703. The molecule has 0 aromatic rings. The Morgan fingerprint density at radius 1 is 1.11 bits per heavy atom. The Balaban J connectivity index is 1.77. The van der Waals surface area contributed by atoms with Gasteiger partial charge in [-0.05, 0) is 26.3 Å². The minimum absolute atomic E-state index is 0.195. The van der Waals surface area contributed by atoms with E-state index >= 15 is 0 Å². The first-order chi connectivity index (χ1) is 9.11. The van der Waals surface area contributed by atoms with Gasteiger partial charge in [-0.3, -0.25) is 9.69 Å². The molecule has 0 radical (unpaired) electrons. The van der Waals surface area contributed by atoms with E-state index in [2.05, 4.69) is 35.6 Å². The van der Waals surface area contributed by atoms with Gasteiger partial charge in [0, 0.05) is 51.2 Å². The van der Waals surface area contributed by atoms with Crippen LogP contribution in [0.15, 0.2) is 0 Å². The maximum Gasteiger partial charge on any atom is 0.225 e. The predicted octanol–water partition coefficient (Wildman–Crippen LogP) is 1.27. The number of nitrogens with zero attached hydrogens (tertiary/aromatic N) is 3. The molecule has 4 heteroatoms. The lowest BCUT2D eigenvalue weighted by atomic mass is 10.00. The van der Waals surface area contributed by atoms with Crippen molar-refractivity contribution in [3.63, 3.8) is 0 Å². The molecule has 4 nitrogen and oxygen atoms in total. The van der Waals surface area contributed by atoms with Crippen molar-refractivity contribution >= 4 is 5.91 Å². The maximum absolute atomic E-state index is 12.2. The summed E-state index contributed by atoms with van der Waals surface area (Å²) in [7, 11) is 2.20. The lowest BCUT2D eigenvalue weighted by Crippen LogP contribution is -2.53. The SMILES string of the molecule is CCC(C)C(=O)N1CCC(N2CCN(C)CC2)CC1. The number of carbonyl (C=O) groups is 1. The molecule has 2 fully saturated rings. The summed E-state index contributed by atoms with van der Waals surface area (Å²) in [6.07, 6.45) is 3.27. The molecule has 2 heterocycles. The summed E-state index contributed by atoms with van der Waals surface area (Å²) in [4.78, 5) is 19.3. The van der Waals surface area contributed by atoms with Crippen LogP contribution >= 0.6 is 0 Å². The fourth-order valence-corrected chi connectivity index (χ4v) is 3.12. The Bertz CT molecular complexity index is 292. The summed E-state index contributed by atoms with van der Waals surface area (Å²) in [5, 5.41) is 0. The van der Waals surface area contributed by atoms with E-state index in [4.69, 9.17) is 0 Å². The Kier molecular flexibility index (Phi) is 5.22. The van der Waals surface area contributed by atoms with Gasteiger partial charge >= 0.3 is 0 Å². The molecular formula is C15H29N3O. The molecule has 0 N–H and O–H groups in total. The summed E-state index contributed by atoms with van der Waals surface area (Å²) in [6.45, 7) is 10.8. The van der Waals surface area contributed by atoms with Crippen molar-refractivity contribution in [3.05, 3.63) is 0 Å². The Hall–Kier alpha value is -0.610. The minimum atomic E-state index is 0.195. The van der Waals surface area contributed by atoms with E-state index in [1.165, 1.54) is 26.2 Å². The molecule has 110 valence electrons. The lowest BCUT2D eigenvalue weighted by molar-refractivity contribution is -0.136. The summed E-state index contributed by atoms with van der Waals surface area (Å²) in [5.74, 6) is 0.555. The molecule has 2 aliphatic rings. The number of hydrogen-bond acceptors (Lipinski definition) is 3. The highest BCUT2D eigenvalue weighted by Crippen LogP contribution is 2.20. The van der Waals surface area contributed by atoms with Gasteiger partial charge in [0.2, 0.25) is 5.91 Å². The molecule has 2 saturated heterocycles. The summed E-state index contributed by atoms with van der Waals surface area (Å²) >= 11 is 0. The van der Waals surface area contributed by atoms with E-state index in [1.54, 1.807) is 0 Å². The zero-order chi connectivity index (χ0) is 13.8. The van der Waals surface area contributed by atoms with Gasteiger partial charge in [-0.15, -0.1) is 0 Å². The van der Waals surface area contributed by atoms with Crippen LogP contribution in [0.5, 0.6) is 0 Å². The van der Waals surface area contributed by atoms with Crippen LogP contribution < -0.4 is 0 Å². The summed E-state index contributed by atoms with van der Waals surface area (Å²) in [5.41, 5.74) is 0. The second-order valence-electron chi connectivity index (χ2n) is 6.21.